The summed E-state index contributed by atoms with van der Waals surface area (Å²) in [6.07, 6.45) is 1.14. The zero-order valence-electron chi connectivity index (χ0n) is 23.3. The number of nitrogen functional groups attached to an aromatic ring is 2. The van der Waals surface area contributed by atoms with Crippen LogP contribution in [0.4, 0.5) is 11.6 Å². The minimum Gasteiger partial charge on any atom is -0.383 e. The van der Waals surface area contributed by atoms with Crippen molar-refractivity contribution in [2.75, 3.05) is 24.7 Å². The molecule has 10 atom stereocenters. The first-order valence-corrected chi connectivity index (χ1v) is 18.8. The van der Waals surface area contributed by atoms with Crippen LogP contribution in [-0.4, -0.2) is 76.6 Å². The van der Waals surface area contributed by atoms with Crippen molar-refractivity contribution in [2.45, 2.75) is 50.7 Å². The second-order valence-corrected chi connectivity index (χ2v) is 16.5. The fraction of sp³-hybridized carbons (Fsp3) is 0.522. The average molecular weight is 686 g/mol. The van der Waals surface area contributed by atoms with E-state index in [1.807, 2.05) is 13.8 Å². The molecule has 4 aromatic heterocycles. The van der Waals surface area contributed by atoms with Gasteiger partial charge in [-0.1, -0.05) is 26.1 Å². The highest BCUT2D eigenvalue weighted by molar-refractivity contribution is 8.44. The lowest BCUT2D eigenvalue weighted by atomic mass is 10.0. The van der Waals surface area contributed by atoms with Crippen LogP contribution in [0.15, 0.2) is 31.2 Å². The highest BCUT2D eigenvalue weighted by Gasteiger charge is 2.51. The number of ether oxygens (including phenoxy) is 2. The van der Waals surface area contributed by atoms with Crippen molar-refractivity contribution < 1.29 is 37.0 Å². The molecule has 0 spiro atoms. The molecule has 5 N–H and O–H groups in total. The number of hydrogen-bond acceptors (Lipinski definition) is 15. The molecule has 7 rings (SSSR count). The van der Waals surface area contributed by atoms with Gasteiger partial charge >= 0.3 is 13.5 Å². The maximum absolute atomic E-state index is 13.7. The van der Waals surface area contributed by atoms with E-state index in [0.29, 0.717) is 28.0 Å². The summed E-state index contributed by atoms with van der Waals surface area (Å²) in [5.41, 5.74) is 13.3. The normalized spacial score (nSPS) is 38.3. The number of nitrogens with zero attached hydrogens (tertiary/aromatic N) is 7. The first-order chi connectivity index (χ1) is 20.9. The standard InChI is InChI=1S/C23H29N9O8P2S2/c1-10-13-5-35-41(33,43)39-16-11(2)22(31-4-3-12-18(24)26-7-28-20(12)31)38-14(16)6-36-42(34,44)40-17(10)23(37-13)32-9-30-15-19(25)27-8-29-21(15)32/h3-4,7-11,13-14,16-17,22-23H,5-6H2,1-2H3,(H,33,43)(H,34,44)(H2,24,26,28)(H2,25,27,29)/t10-,11-,13-,14-,16+,17-,22-,23-,41?,42?/m1/s1. The Hall–Kier alpha value is -2.28. The molecule has 2 unspecified atom stereocenters. The monoisotopic (exact) mass is 685 g/mol. The number of nitrogens with two attached hydrogens (primary N) is 2. The number of aromatic nitrogens is 7. The van der Waals surface area contributed by atoms with Gasteiger partial charge < -0.3 is 39.4 Å². The first-order valence-electron chi connectivity index (χ1n) is 13.5. The topological polar surface area (TPSA) is 219 Å². The zero-order chi connectivity index (χ0) is 31.0. The van der Waals surface area contributed by atoms with Gasteiger partial charge in [-0.05, 0) is 17.9 Å². The van der Waals surface area contributed by atoms with Gasteiger partial charge in [0, 0.05) is 18.0 Å². The number of thiol groups is 1. The summed E-state index contributed by atoms with van der Waals surface area (Å²) in [4.78, 5) is 32.1. The Morgan fingerprint density at radius 1 is 0.909 bits per heavy atom. The molecule has 0 aliphatic carbocycles. The van der Waals surface area contributed by atoms with Gasteiger partial charge in [-0.2, -0.15) is 0 Å². The van der Waals surface area contributed by atoms with Crippen LogP contribution in [0.5, 0.6) is 0 Å². The van der Waals surface area contributed by atoms with E-state index in [9.17, 15) is 9.46 Å². The highest BCUT2D eigenvalue weighted by atomic mass is 32.7. The molecule has 21 heteroatoms. The van der Waals surface area contributed by atoms with Crippen LogP contribution in [0.2, 0.25) is 0 Å². The zero-order valence-corrected chi connectivity index (χ0v) is 26.8. The van der Waals surface area contributed by atoms with E-state index in [1.165, 1.54) is 19.0 Å². The van der Waals surface area contributed by atoms with E-state index >= 15 is 0 Å². The van der Waals surface area contributed by atoms with E-state index in [0.717, 1.165) is 0 Å². The van der Waals surface area contributed by atoms with Crippen molar-refractivity contribution in [2.24, 2.45) is 11.8 Å². The molecular weight excluding hydrogens is 656 g/mol. The summed E-state index contributed by atoms with van der Waals surface area (Å²) in [6, 6.07) is 1.78. The minimum atomic E-state index is -4.05. The molecular formula is C23H29N9O8P2S2. The number of hydrogen-bond donors (Lipinski definition) is 4. The quantitative estimate of drug-likeness (QED) is 0.176. The van der Waals surface area contributed by atoms with E-state index in [1.54, 1.807) is 21.4 Å². The van der Waals surface area contributed by atoms with E-state index in [2.05, 4.69) is 37.2 Å². The number of anilines is 2. The van der Waals surface area contributed by atoms with Crippen molar-refractivity contribution in [3.63, 3.8) is 0 Å². The molecule has 0 amide bonds. The van der Waals surface area contributed by atoms with E-state index < -0.39 is 62.2 Å². The SMILES string of the molecule is C[C@@H]1[C@@H]2OP(O)(=S)OC[C@H]3O[C@@H](n4cnc5c(N)ncnc54)[C@H](OP(=O)(S)OC[C@H]2O[C@H]1n1ccc2c(N)ncnc21)[C@@H]3C. The van der Waals surface area contributed by atoms with Crippen LogP contribution < -0.4 is 11.5 Å². The second kappa shape index (κ2) is 11.2. The maximum Gasteiger partial charge on any atom is 0.386 e. The predicted octanol–water partition coefficient (Wildman–Crippen LogP) is 2.57. The lowest BCUT2D eigenvalue weighted by Crippen LogP contribution is -2.32. The Labute approximate surface area is 260 Å². The Bertz CT molecular complexity index is 1830. The van der Waals surface area contributed by atoms with Crippen molar-refractivity contribution in [3.05, 3.63) is 31.2 Å². The number of imidazole rings is 1. The molecule has 0 radical (unpaired) electrons. The largest absolute Gasteiger partial charge is 0.386 e. The molecule has 0 aromatic carbocycles. The second-order valence-electron chi connectivity index (χ2n) is 10.8. The molecule has 3 fully saturated rings. The number of fused-ring (bicyclic) bond motifs is 5. The Balaban J connectivity index is 1.20. The molecule has 2 bridgehead atoms. The smallest absolute Gasteiger partial charge is 0.383 e. The summed E-state index contributed by atoms with van der Waals surface area (Å²) in [6.45, 7) is -4.65. The molecule has 236 valence electrons. The Kier molecular flexibility index (Phi) is 7.74. The lowest BCUT2D eigenvalue weighted by Gasteiger charge is -2.28. The third-order valence-electron chi connectivity index (χ3n) is 8.14. The van der Waals surface area contributed by atoms with Crippen molar-refractivity contribution in [3.8, 4) is 0 Å². The van der Waals surface area contributed by atoms with Crippen LogP contribution in [0, 0.1) is 11.8 Å². The molecule has 17 nitrogen and oxygen atoms in total. The molecule has 3 aliphatic heterocycles. The molecule has 4 aromatic rings. The fourth-order valence-electron chi connectivity index (χ4n) is 5.87. The van der Waals surface area contributed by atoms with Crippen LogP contribution in [0.25, 0.3) is 22.2 Å². The Morgan fingerprint density at radius 2 is 1.61 bits per heavy atom. The third kappa shape index (κ3) is 5.33. The van der Waals surface area contributed by atoms with Crippen molar-refractivity contribution in [1.29, 1.82) is 0 Å². The van der Waals surface area contributed by atoms with Gasteiger partial charge in [-0.15, -0.1) is 0 Å². The fourth-order valence-corrected chi connectivity index (χ4v) is 8.91. The predicted molar refractivity (Wildman–Crippen MR) is 163 cm³/mol. The van der Waals surface area contributed by atoms with Crippen molar-refractivity contribution >= 4 is 71.4 Å². The van der Waals surface area contributed by atoms with Gasteiger partial charge in [0.05, 0.1) is 31.0 Å². The van der Waals surface area contributed by atoms with Gasteiger partial charge in [0.15, 0.2) is 17.7 Å². The van der Waals surface area contributed by atoms with E-state index in [4.69, 9.17) is 50.8 Å². The average Bonchev–Trinajstić information content (AvgIpc) is 3.73. The summed E-state index contributed by atoms with van der Waals surface area (Å²) in [5.74, 6) is -0.341. The summed E-state index contributed by atoms with van der Waals surface area (Å²) < 4.78 is 53.5. The Morgan fingerprint density at radius 3 is 2.41 bits per heavy atom. The number of rotatable bonds is 2. The van der Waals surface area contributed by atoms with Gasteiger partial charge in [-0.3, -0.25) is 13.6 Å². The highest BCUT2D eigenvalue weighted by Crippen LogP contribution is 2.59. The third-order valence-corrected chi connectivity index (χ3v) is 11.3. The lowest BCUT2D eigenvalue weighted by molar-refractivity contribution is -0.0575. The van der Waals surface area contributed by atoms with Crippen LogP contribution in [0.3, 0.4) is 0 Å². The molecule has 44 heavy (non-hydrogen) atoms. The van der Waals surface area contributed by atoms with E-state index in [-0.39, 0.29) is 19.0 Å². The van der Waals surface area contributed by atoms with Crippen LogP contribution >= 0.6 is 25.8 Å². The van der Waals surface area contributed by atoms with Crippen LogP contribution in [-0.2, 0) is 43.9 Å². The van der Waals surface area contributed by atoms with Crippen LogP contribution in [0.1, 0.15) is 26.3 Å². The summed E-state index contributed by atoms with van der Waals surface area (Å²) in [5, 5.41) is 0.644. The summed E-state index contributed by atoms with van der Waals surface area (Å²) in [7, 11) is 0. The van der Waals surface area contributed by atoms with Gasteiger partial charge in [0.2, 0.25) is 0 Å². The molecule has 3 aliphatic rings. The molecule has 0 saturated carbocycles. The van der Waals surface area contributed by atoms with Gasteiger partial charge in [-0.25, -0.2) is 29.5 Å². The van der Waals surface area contributed by atoms with Gasteiger partial charge in [0.25, 0.3) is 0 Å². The molecule has 3 saturated heterocycles. The minimum absolute atomic E-state index is 0.152. The van der Waals surface area contributed by atoms with Gasteiger partial charge in [0.1, 0.15) is 54.2 Å². The summed E-state index contributed by atoms with van der Waals surface area (Å²) >= 11 is 9.73. The first kappa shape index (κ1) is 30.4. The molecule has 7 heterocycles. The maximum atomic E-state index is 13.7. The van der Waals surface area contributed by atoms with Crippen molar-refractivity contribution in [1.82, 2.24) is 34.1 Å².